The Bertz CT molecular complexity index is 988. The number of fused-ring (bicyclic) bond motifs is 2. The first-order chi connectivity index (χ1) is 11.6. The molecule has 2 aromatic carbocycles. The Balaban J connectivity index is 1.73. The van der Waals surface area contributed by atoms with Gasteiger partial charge in [0.15, 0.2) is 0 Å². The molecule has 1 aromatic heterocycles. The molecule has 2 nitrogen and oxygen atoms in total. The molecule has 120 valence electrons. The van der Waals surface area contributed by atoms with Crippen LogP contribution in [-0.4, -0.2) is 4.57 Å². The molecule has 0 fully saturated rings. The SMILES string of the molecule is C=C1c2cc(/C(C)=C\C)ccc2CN1c1ccc2c(ccn2C)c1. The molecule has 0 spiro atoms. The van der Waals surface area contributed by atoms with Gasteiger partial charge in [-0.1, -0.05) is 24.8 Å². The second-order valence-electron chi connectivity index (χ2n) is 6.55. The van der Waals surface area contributed by atoms with Crippen LogP contribution in [0.15, 0.2) is 61.3 Å². The Hall–Kier alpha value is -2.74. The summed E-state index contributed by atoms with van der Waals surface area (Å²) in [6, 6.07) is 15.5. The van der Waals surface area contributed by atoms with Gasteiger partial charge in [-0.05, 0) is 60.9 Å². The van der Waals surface area contributed by atoms with Crippen molar-refractivity contribution in [3.63, 3.8) is 0 Å². The van der Waals surface area contributed by atoms with Crippen molar-refractivity contribution in [2.24, 2.45) is 7.05 Å². The molecular formula is C22H22N2. The van der Waals surface area contributed by atoms with Gasteiger partial charge in [0.05, 0.1) is 0 Å². The third-order valence-corrected chi connectivity index (χ3v) is 5.14. The highest BCUT2D eigenvalue weighted by molar-refractivity contribution is 5.90. The van der Waals surface area contributed by atoms with Crippen molar-refractivity contribution in [2.75, 3.05) is 4.90 Å². The van der Waals surface area contributed by atoms with Crippen molar-refractivity contribution in [3.05, 3.63) is 78.0 Å². The molecule has 0 saturated carbocycles. The Morgan fingerprint density at radius 3 is 2.75 bits per heavy atom. The van der Waals surface area contributed by atoms with Gasteiger partial charge in [0.1, 0.15) is 0 Å². The normalized spacial score (nSPS) is 14.5. The molecule has 0 radical (unpaired) electrons. The number of anilines is 1. The maximum absolute atomic E-state index is 4.37. The summed E-state index contributed by atoms with van der Waals surface area (Å²) in [6.45, 7) is 9.49. The minimum Gasteiger partial charge on any atom is -0.351 e. The minimum atomic E-state index is 0.891. The molecule has 0 amide bonds. The van der Waals surface area contributed by atoms with Crippen LogP contribution < -0.4 is 4.90 Å². The van der Waals surface area contributed by atoms with Crippen LogP contribution in [0.1, 0.15) is 30.5 Å². The van der Waals surface area contributed by atoms with E-state index in [9.17, 15) is 0 Å². The van der Waals surface area contributed by atoms with E-state index in [0.29, 0.717) is 0 Å². The summed E-state index contributed by atoms with van der Waals surface area (Å²) >= 11 is 0. The van der Waals surface area contributed by atoms with E-state index in [1.807, 2.05) is 0 Å². The zero-order valence-corrected chi connectivity index (χ0v) is 14.5. The smallest absolute Gasteiger partial charge is 0.0488 e. The van der Waals surface area contributed by atoms with Gasteiger partial charge in [-0.3, -0.25) is 0 Å². The first kappa shape index (κ1) is 14.8. The van der Waals surface area contributed by atoms with Crippen LogP contribution in [0.2, 0.25) is 0 Å². The molecule has 1 aliphatic rings. The number of aromatic nitrogens is 1. The average Bonchev–Trinajstić information content (AvgIpc) is 3.14. The van der Waals surface area contributed by atoms with Crippen molar-refractivity contribution in [1.29, 1.82) is 0 Å². The van der Waals surface area contributed by atoms with Crippen molar-refractivity contribution in [1.82, 2.24) is 4.57 Å². The summed E-state index contributed by atoms with van der Waals surface area (Å²) < 4.78 is 2.15. The topological polar surface area (TPSA) is 8.17 Å². The molecule has 0 bridgehead atoms. The summed E-state index contributed by atoms with van der Waals surface area (Å²) in [5.74, 6) is 0. The Kier molecular flexibility index (Phi) is 3.34. The van der Waals surface area contributed by atoms with E-state index < -0.39 is 0 Å². The zero-order valence-electron chi connectivity index (χ0n) is 14.5. The van der Waals surface area contributed by atoms with Crippen LogP contribution in [0.5, 0.6) is 0 Å². The van der Waals surface area contributed by atoms with Crippen LogP contribution >= 0.6 is 0 Å². The number of hydrogen-bond acceptors (Lipinski definition) is 1. The summed E-state index contributed by atoms with van der Waals surface area (Å²) in [5.41, 5.74) is 8.74. The fraction of sp³-hybridized carbons (Fsp3) is 0.182. The maximum atomic E-state index is 4.37. The van der Waals surface area contributed by atoms with Gasteiger partial charge in [0.2, 0.25) is 0 Å². The lowest BCUT2D eigenvalue weighted by atomic mass is 10.0. The Labute approximate surface area is 143 Å². The van der Waals surface area contributed by atoms with Gasteiger partial charge in [-0.15, -0.1) is 0 Å². The highest BCUT2D eigenvalue weighted by Crippen LogP contribution is 2.38. The standard InChI is InChI=1S/C22H22N2/c1-5-15(2)17-6-7-19-14-24(16(3)21(19)13-17)20-8-9-22-18(12-20)10-11-23(22)4/h5-13H,3,14H2,1-2,4H3/b15-5-. The van der Waals surface area contributed by atoms with Gasteiger partial charge in [-0.2, -0.15) is 0 Å². The number of hydrogen-bond donors (Lipinski definition) is 0. The molecule has 0 N–H and O–H groups in total. The first-order valence-electron chi connectivity index (χ1n) is 8.36. The second-order valence-corrected chi connectivity index (χ2v) is 6.55. The van der Waals surface area contributed by atoms with Crippen molar-refractivity contribution in [2.45, 2.75) is 20.4 Å². The van der Waals surface area contributed by atoms with E-state index in [2.05, 4.69) is 91.7 Å². The van der Waals surface area contributed by atoms with Crippen molar-refractivity contribution >= 4 is 27.9 Å². The van der Waals surface area contributed by atoms with E-state index in [1.54, 1.807) is 0 Å². The fourth-order valence-corrected chi connectivity index (χ4v) is 3.49. The van der Waals surface area contributed by atoms with Gasteiger partial charge < -0.3 is 9.47 Å². The average molecular weight is 314 g/mol. The van der Waals surface area contributed by atoms with Gasteiger partial charge >= 0.3 is 0 Å². The van der Waals surface area contributed by atoms with Crippen molar-refractivity contribution in [3.8, 4) is 0 Å². The summed E-state index contributed by atoms with van der Waals surface area (Å²) in [6.07, 6.45) is 4.26. The zero-order chi connectivity index (χ0) is 16.8. The summed E-state index contributed by atoms with van der Waals surface area (Å²) in [7, 11) is 2.08. The number of nitrogens with zero attached hydrogens (tertiary/aromatic N) is 2. The van der Waals surface area contributed by atoms with Crippen LogP contribution in [-0.2, 0) is 13.6 Å². The quantitative estimate of drug-likeness (QED) is 0.598. The Morgan fingerprint density at radius 1 is 1.12 bits per heavy atom. The highest BCUT2D eigenvalue weighted by Gasteiger charge is 2.24. The van der Waals surface area contributed by atoms with Crippen LogP contribution in [0.4, 0.5) is 5.69 Å². The van der Waals surface area contributed by atoms with E-state index in [0.717, 1.165) is 12.2 Å². The molecule has 0 saturated heterocycles. The van der Waals surface area contributed by atoms with Gasteiger partial charge in [-0.25, -0.2) is 0 Å². The molecule has 2 heteroatoms. The number of rotatable bonds is 2. The predicted molar refractivity (Wildman–Crippen MR) is 104 cm³/mol. The lowest BCUT2D eigenvalue weighted by Crippen LogP contribution is -2.12. The molecule has 3 aromatic rings. The predicted octanol–water partition coefficient (Wildman–Crippen LogP) is 5.59. The van der Waals surface area contributed by atoms with E-state index in [4.69, 9.17) is 0 Å². The van der Waals surface area contributed by atoms with Crippen molar-refractivity contribution < 1.29 is 0 Å². The largest absolute Gasteiger partial charge is 0.351 e. The summed E-state index contributed by atoms with van der Waals surface area (Å²) in [4.78, 5) is 2.31. The van der Waals surface area contributed by atoms with Crippen LogP contribution in [0.3, 0.4) is 0 Å². The second kappa shape index (κ2) is 5.41. The van der Waals surface area contributed by atoms with Crippen LogP contribution in [0.25, 0.3) is 22.2 Å². The molecular weight excluding hydrogens is 292 g/mol. The minimum absolute atomic E-state index is 0.891. The lowest BCUT2D eigenvalue weighted by molar-refractivity contribution is 0.968. The number of aryl methyl sites for hydroxylation is 1. The molecule has 0 atom stereocenters. The molecule has 0 unspecified atom stereocenters. The van der Waals surface area contributed by atoms with E-state index in [-0.39, 0.29) is 0 Å². The van der Waals surface area contributed by atoms with Crippen LogP contribution in [0, 0.1) is 0 Å². The van der Waals surface area contributed by atoms with E-state index in [1.165, 1.54) is 38.9 Å². The fourth-order valence-electron chi connectivity index (χ4n) is 3.49. The monoisotopic (exact) mass is 314 g/mol. The number of benzene rings is 2. The lowest BCUT2D eigenvalue weighted by Gasteiger charge is -2.19. The highest BCUT2D eigenvalue weighted by atomic mass is 15.2. The Morgan fingerprint density at radius 2 is 1.96 bits per heavy atom. The first-order valence-corrected chi connectivity index (χ1v) is 8.36. The van der Waals surface area contributed by atoms with Gasteiger partial charge in [0, 0.05) is 47.6 Å². The van der Waals surface area contributed by atoms with Gasteiger partial charge in [0.25, 0.3) is 0 Å². The molecule has 1 aliphatic heterocycles. The molecule has 24 heavy (non-hydrogen) atoms. The third kappa shape index (κ3) is 2.18. The summed E-state index contributed by atoms with van der Waals surface area (Å²) in [5, 5.41) is 1.27. The third-order valence-electron chi connectivity index (χ3n) is 5.14. The maximum Gasteiger partial charge on any atom is 0.0488 e. The number of allylic oxidation sites excluding steroid dienone is 2. The molecule has 0 aliphatic carbocycles. The van der Waals surface area contributed by atoms with E-state index >= 15 is 0 Å². The molecule has 4 rings (SSSR count). The molecule has 2 heterocycles.